The van der Waals surface area contributed by atoms with Gasteiger partial charge in [0.25, 0.3) is 0 Å². The highest BCUT2D eigenvalue weighted by Gasteiger charge is 1.99. The molecule has 1 aromatic heterocycles. The zero-order valence-electron chi connectivity index (χ0n) is 4.71. The maximum absolute atomic E-state index is 12.3. The van der Waals surface area contributed by atoms with E-state index < -0.39 is 5.95 Å². The fourth-order valence-electron chi connectivity index (χ4n) is 0.537. The molecule has 0 atom stereocenters. The van der Waals surface area contributed by atoms with E-state index in [1.807, 2.05) is 0 Å². The Hall–Kier alpha value is -0.895. The Labute approximate surface area is 52.6 Å². The standard InChI is InChI=1S/C5H5BFNO/c7-5-4(6-9)2-1-3-8-5/h1-3,6,9H. The summed E-state index contributed by atoms with van der Waals surface area (Å²) < 4.78 is 12.3. The maximum atomic E-state index is 12.3. The molecule has 1 N–H and O–H groups in total. The highest BCUT2D eigenvalue weighted by molar-refractivity contribution is 6.45. The van der Waals surface area contributed by atoms with E-state index in [1.54, 1.807) is 6.07 Å². The second kappa shape index (κ2) is 2.59. The Bertz CT molecular complexity index is 206. The molecule has 0 saturated carbocycles. The molecule has 2 nitrogen and oxygen atoms in total. The Morgan fingerprint density at radius 1 is 1.67 bits per heavy atom. The number of halogens is 1. The van der Waals surface area contributed by atoms with Crippen LogP contribution in [0, 0.1) is 5.95 Å². The van der Waals surface area contributed by atoms with Crippen molar-refractivity contribution in [1.82, 2.24) is 4.98 Å². The number of hydrogen-bond donors (Lipinski definition) is 1. The molecule has 0 fully saturated rings. The Morgan fingerprint density at radius 3 is 2.89 bits per heavy atom. The van der Waals surface area contributed by atoms with Gasteiger partial charge in [0.15, 0.2) is 0 Å². The smallest absolute Gasteiger partial charge is 0.309 e. The van der Waals surface area contributed by atoms with Crippen LogP contribution < -0.4 is 5.46 Å². The summed E-state index contributed by atoms with van der Waals surface area (Å²) in [6.07, 6.45) is 1.34. The van der Waals surface area contributed by atoms with Gasteiger partial charge in [0.2, 0.25) is 5.95 Å². The van der Waals surface area contributed by atoms with Crippen molar-refractivity contribution in [3.05, 3.63) is 24.3 Å². The second-order valence-corrected chi connectivity index (χ2v) is 1.61. The molecule has 1 aromatic rings. The third-order valence-corrected chi connectivity index (χ3v) is 1.01. The lowest BCUT2D eigenvalue weighted by Gasteiger charge is -1.91. The van der Waals surface area contributed by atoms with Crippen LogP contribution in [0.15, 0.2) is 18.3 Å². The third kappa shape index (κ3) is 1.26. The monoisotopic (exact) mass is 125 g/mol. The average molecular weight is 125 g/mol. The lowest BCUT2D eigenvalue weighted by atomic mass is 9.90. The van der Waals surface area contributed by atoms with Crippen LogP contribution in [0.2, 0.25) is 0 Å². The van der Waals surface area contributed by atoms with Crippen molar-refractivity contribution >= 4 is 12.9 Å². The van der Waals surface area contributed by atoms with Crippen LogP contribution in [0.5, 0.6) is 0 Å². The van der Waals surface area contributed by atoms with Gasteiger partial charge in [-0.05, 0) is 6.07 Å². The molecule has 0 unspecified atom stereocenters. The molecule has 0 spiro atoms. The quantitative estimate of drug-likeness (QED) is 0.393. The van der Waals surface area contributed by atoms with E-state index >= 15 is 0 Å². The largest absolute Gasteiger partial charge is 0.449 e. The van der Waals surface area contributed by atoms with Gasteiger partial charge in [-0.25, -0.2) is 4.98 Å². The van der Waals surface area contributed by atoms with Crippen molar-refractivity contribution in [2.24, 2.45) is 0 Å². The van der Waals surface area contributed by atoms with E-state index in [4.69, 9.17) is 5.02 Å². The average Bonchev–Trinajstić information content (AvgIpc) is 1.89. The summed E-state index contributed by atoms with van der Waals surface area (Å²) in [5.41, 5.74) is 0.234. The maximum Gasteiger partial charge on any atom is 0.309 e. The van der Waals surface area contributed by atoms with Crippen molar-refractivity contribution in [1.29, 1.82) is 0 Å². The molecule has 46 valence electrons. The van der Waals surface area contributed by atoms with Crippen molar-refractivity contribution < 1.29 is 9.41 Å². The van der Waals surface area contributed by atoms with Crippen LogP contribution in [-0.4, -0.2) is 17.5 Å². The molecule has 4 heteroatoms. The van der Waals surface area contributed by atoms with Gasteiger partial charge >= 0.3 is 7.48 Å². The molecule has 0 radical (unpaired) electrons. The minimum absolute atomic E-state index is 0.234. The number of pyridine rings is 1. The normalized spacial score (nSPS) is 9.11. The summed E-state index contributed by atoms with van der Waals surface area (Å²) in [6, 6.07) is 3.07. The van der Waals surface area contributed by atoms with Gasteiger partial charge in [-0.2, -0.15) is 4.39 Å². The van der Waals surface area contributed by atoms with Crippen LogP contribution in [0.3, 0.4) is 0 Å². The molecule has 1 heterocycles. The molecule has 0 aliphatic carbocycles. The van der Waals surface area contributed by atoms with Gasteiger partial charge in [0.05, 0.1) is 0 Å². The first-order chi connectivity index (χ1) is 4.34. The van der Waals surface area contributed by atoms with Crippen LogP contribution in [0.25, 0.3) is 0 Å². The van der Waals surface area contributed by atoms with Crippen molar-refractivity contribution in [3.8, 4) is 0 Å². The third-order valence-electron chi connectivity index (χ3n) is 1.01. The van der Waals surface area contributed by atoms with E-state index in [0.29, 0.717) is 0 Å². The first-order valence-electron chi connectivity index (χ1n) is 2.55. The molecule has 0 aromatic carbocycles. The summed E-state index contributed by atoms with van der Waals surface area (Å²) >= 11 is 0. The molecule has 1 rings (SSSR count). The van der Waals surface area contributed by atoms with Gasteiger partial charge in [0, 0.05) is 11.7 Å². The molecule has 0 saturated heterocycles. The van der Waals surface area contributed by atoms with E-state index in [2.05, 4.69) is 4.98 Å². The topological polar surface area (TPSA) is 33.1 Å². The zero-order chi connectivity index (χ0) is 6.69. The van der Waals surface area contributed by atoms with Gasteiger partial charge in [-0.15, -0.1) is 0 Å². The van der Waals surface area contributed by atoms with Gasteiger partial charge in [-0.3, -0.25) is 0 Å². The van der Waals surface area contributed by atoms with Crippen molar-refractivity contribution in [2.45, 2.75) is 0 Å². The minimum atomic E-state index is -0.597. The second-order valence-electron chi connectivity index (χ2n) is 1.61. The number of nitrogens with zero attached hydrogens (tertiary/aromatic N) is 1. The van der Waals surface area contributed by atoms with Crippen LogP contribution >= 0.6 is 0 Å². The van der Waals surface area contributed by atoms with Gasteiger partial charge in [-0.1, -0.05) is 6.07 Å². The first-order valence-corrected chi connectivity index (χ1v) is 2.55. The lowest BCUT2D eigenvalue weighted by Crippen LogP contribution is -2.18. The highest BCUT2D eigenvalue weighted by Crippen LogP contribution is 1.83. The Balaban J connectivity index is 3.01. The highest BCUT2D eigenvalue weighted by atomic mass is 19.1. The number of rotatable bonds is 1. The lowest BCUT2D eigenvalue weighted by molar-refractivity contribution is 0.579. The first kappa shape index (κ1) is 6.23. The molecule has 0 bridgehead atoms. The zero-order valence-corrected chi connectivity index (χ0v) is 4.71. The molecular formula is C5H5BFNO. The summed E-state index contributed by atoms with van der Waals surface area (Å²) in [7, 11) is -0.292. The van der Waals surface area contributed by atoms with Crippen LogP contribution in [-0.2, 0) is 0 Å². The van der Waals surface area contributed by atoms with Crippen LogP contribution in [0.4, 0.5) is 4.39 Å². The Morgan fingerprint density at radius 2 is 2.44 bits per heavy atom. The summed E-state index contributed by atoms with van der Waals surface area (Å²) in [6.45, 7) is 0. The van der Waals surface area contributed by atoms with E-state index in [-0.39, 0.29) is 12.9 Å². The molecule has 0 aliphatic heterocycles. The minimum Gasteiger partial charge on any atom is -0.449 e. The summed E-state index contributed by atoms with van der Waals surface area (Å²) in [5.74, 6) is -0.597. The van der Waals surface area contributed by atoms with Crippen LogP contribution in [0.1, 0.15) is 0 Å². The van der Waals surface area contributed by atoms with Gasteiger partial charge < -0.3 is 5.02 Å². The predicted octanol–water partition coefficient (Wildman–Crippen LogP) is -0.810. The van der Waals surface area contributed by atoms with E-state index in [9.17, 15) is 4.39 Å². The number of aromatic nitrogens is 1. The fourth-order valence-corrected chi connectivity index (χ4v) is 0.537. The van der Waals surface area contributed by atoms with Crippen molar-refractivity contribution in [3.63, 3.8) is 0 Å². The molecular weight excluding hydrogens is 120 g/mol. The van der Waals surface area contributed by atoms with E-state index in [0.717, 1.165) is 0 Å². The SMILES string of the molecule is OBc1cccnc1F. The van der Waals surface area contributed by atoms with Gasteiger partial charge in [0.1, 0.15) is 0 Å². The predicted molar refractivity (Wildman–Crippen MR) is 33.2 cm³/mol. The molecule has 0 amide bonds. The molecule has 9 heavy (non-hydrogen) atoms. The Kier molecular flexibility index (Phi) is 1.79. The fraction of sp³-hybridized carbons (Fsp3) is 0. The molecule has 0 aliphatic rings. The number of hydrogen-bond acceptors (Lipinski definition) is 2. The summed E-state index contributed by atoms with van der Waals surface area (Å²) in [5, 5.41) is 8.44. The summed E-state index contributed by atoms with van der Waals surface area (Å²) in [4.78, 5) is 3.32. The van der Waals surface area contributed by atoms with E-state index in [1.165, 1.54) is 12.3 Å². The van der Waals surface area contributed by atoms with Crippen molar-refractivity contribution in [2.75, 3.05) is 0 Å².